The number of hydrogen-bond acceptors (Lipinski definition) is 3. The van der Waals surface area contributed by atoms with Crippen LogP contribution in [0.15, 0.2) is 30.9 Å². The van der Waals surface area contributed by atoms with Crippen LogP contribution in [0.4, 0.5) is 5.69 Å². The van der Waals surface area contributed by atoms with Crippen molar-refractivity contribution in [2.45, 2.75) is 11.6 Å². The standard InChI is InChI=1S/C11H13ClN2OS/c1-3-9(12)16-14-11(15)8-6-4-5-7(2)10(8)13/h3-6,9H,1,13H2,2H3,(H,14,15). The van der Waals surface area contributed by atoms with E-state index in [9.17, 15) is 4.79 Å². The molecular weight excluding hydrogens is 244 g/mol. The summed E-state index contributed by atoms with van der Waals surface area (Å²) in [4.78, 5) is 11.7. The highest BCUT2D eigenvalue weighted by Gasteiger charge is 2.11. The van der Waals surface area contributed by atoms with Crippen molar-refractivity contribution in [3.05, 3.63) is 42.0 Å². The number of nitrogens with two attached hydrogens (primary N) is 1. The van der Waals surface area contributed by atoms with Gasteiger partial charge in [0.2, 0.25) is 0 Å². The first-order valence-corrected chi connectivity index (χ1v) is 5.95. The van der Waals surface area contributed by atoms with E-state index in [0.29, 0.717) is 11.3 Å². The zero-order chi connectivity index (χ0) is 12.1. The van der Waals surface area contributed by atoms with Crippen LogP contribution in [-0.4, -0.2) is 10.6 Å². The minimum Gasteiger partial charge on any atom is -0.398 e. The number of amides is 1. The number of carbonyl (C=O) groups is 1. The van der Waals surface area contributed by atoms with Gasteiger partial charge in [-0.25, -0.2) is 0 Å². The van der Waals surface area contributed by atoms with Gasteiger partial charge >= 0.3 is 0 Å². The summed E-state index contributed by atoms with van der Waals surface area (Å²) in [5.74, 6) is -0.251. The molecule has 0 saturated carbocycles. The molecule has 1 aromatic rings. The van der Waals surface area contributed by atoms with E-state index in [4.69, 9.17) is 17.3 Å². The highest BCUT2D eigenvalue weighted by molar-refractivity contribution is 7.99. The number of carbonyl (C=O) groups excluding carboxylic acids is 1. The van der Waals surface area contributed by atoms with Gasteiger partial charge in [-0.3, -0.25) is 9.52 Å². The summed E-state index contributed by atoms with van der Waals surface area (Å²) in [6.45, 7) is 5.37. The first kappa shape index (κ1) is 12.9. The second-order valence-electron chi connectivity index (χ2n) is 3.17. The van der Waals surface area contributed by atoms with Crippen LogP contribution < -0.4 is 10.5 Å². The van der Waals surface area contributed by atoms with E-state index in [2.05, 4.69) is 11.3 Å². The average molecular weight is 257 g/mol. The third-order valence-electron chi connectivity index (χ3n) is 2.02. The molecule has 1 unspecified atom stereocenters. The molecule has 1 rings (SSSR count). The van der Waals surface area contributed by atoms with E-state index in [1.807, 2.05) is 13.0 Å². The van der Waals surface area contributed by atoms with Gasteiger partial charge in [0.25, 0.3) is 5.91 Å². The largest absolute Gasteiger partial charge is 0.398 e. The number of nitrogens with one attached hydrogen (secondary N) is 1. The first-order chi connectivity index (χ1) is 7.56. The Labute approximate surface area is 104 Å². The maximum Gasteiger partial charge on any atom is 0.263 e. The molecule has 0 aliphatic heterocycles. The minimum absolute atomic E-state index is 0.251. The summed E-state index contributed by atoms with van der Waals surface area (Å²) in [7, 11) is 0. The van der Waals surface area contributed by atoms with Crippen molar-refractivity contribution in [2.75, 3.05) is 5.73 Å². The maximum absolute atomic E-state index is 11.7. The number of anilines is 1. The number of rotatable bonds is 4. The molecule has 86 valence electrons. The Kier molecular flexibility index (Phi) is 4.71. The zero-order valence-electron chi connectivity index (χ0n) is 8.87. The molecule has 1 aromatic carbocycles. The lowest BCUT2D eigenvalue weighted by atomic mass is 10.1. The first-order valence-electron chi connectivity index (χ1n) is 4.64. The van der Waals surface area contributed by atoms with Crippen LogP contribution >= 0.6 is 23.5 Å². The third kappa shape index (κ3) is 3.18. The fourth-order valence-electron chi connectivity index (χ4n) is 1.09. The fourth-order valence-corrected chi connectivity index (χ4v) is 1.65. The van der Waals surface area contributed by atoms with Gasteiger partial charge < -0.3 is 5.73 Å². The van der Waals surface area contributed by atoms with Gasteiger partial charge in [-0.05, 0) is 30.5 Å². The highest BCUT2D eigenvalue weighted by atomic mass is 35.5. The van der Waals surface area contributed by atoms with Gasteiger partial charge in [0.1, 0.15) is 4.71 Å². The molecular formula is C11H13ClN2OS. The Balaban J connectivity index is 2.73. The SMILES string of the molecule is C=CC(Cl)SNC(=O)c1cccc(C)c1N. The fraction of sp³-hybridized carbons (Fsp3) is 0.182. The van der Waals surface area contributed by atoms with Crippen LogP contribution in [0.25, 0.3) is 0 Å². The minimum atomic E-state index is -0.352. The van der Waals surface area contributed by atoms with Gasteiger partial charge in [0.15, 0.2) is 0 Å². The highest BCUT2D eigenvalue weighted by Crippen LogP contribution is 2.18. The summed E-state index contributed by atoms with van der Waals surface area (Å²) in [6, 6.07) is 5.32. The van der Waals surface area contributed by atoms with Crippen molar-refractivity contribution in [1.29, 1.82) is 0 Å². The Bertz CT molecular complexity index is 409. The van der Waals surface area contributed by atoms with Crippen molar-refractivity contribution in [3.63, 3.8) is 0 Å². The Morgan fingerprint density at radius 2 is 2.38 bits per heavy atom. The summed E-state index contributed by atoms with van der Waals surface area (Å²) in [5, 5.41) is 0. The molecule has 0 spiro atoms. The van der Waals surface area contributed by atoms with E-state index in [1.165, 1.54) is 6.08 Å². The van der Waals surface area contributed by atoms with Crippen LogP contribution in [0.2, 0.25) is 0 Å². The topological polar surface area (TPSA) is 55.1 Å². The summed E-state index contributed by atoms with van der Waals surface area (Å²) in [5.41, 5.74) is 7.63. The molecule has 0 saturated heterocycles. The molecule has 0 bridgehead atoms. The number of benzene rings is 1. The zero-order valence-corrected chi connectivity index (χ0v) is 10.4. The predicted octanol–water partition coefficient (Wildman–Crippen LogP) is 2.71. The third-order valence-corrected chi connectivity index (χ3v) is 3.18. The van der Waals surface area contributed by atoms with Gasteiger partial charge in [0.05, 0.1) is 5.56 Å². The molecule has 3 N–H and O–H groups in total. The van der Waals surface area contributed by atoms with Crippen LogP contribution in [0.3, 0.4) is 0 Å². The number of alkyl halides is 1. The molecule has 1 amide bonds. The van der Waals surface area contributed by atoms with E-state index >= 15 is 0 Å². The predicted molar refractivity (Wildman–Crippen MR) is 70.5 cm³/mol. The molecule has 16 heavy (non-hydrogen) atoms. The van der Waals surface area contributed by atoms with Crippen LogP contribution in [0, 0.1) is 6.92 Å². The van der Waals surface area contributed by atoms with E-state index in [0.717, 1.165) is 17.5 Å². The molecule has 3 nitrogen and oxygen atoms in total. The molecule has 1 atom stereocenters. The molecule has 5 heteroatoms. The number of hydrogen-bond donors (Lipinski definition) is 2. The summed E-state index contributed by atoms with van der Waals surface area (Å²) < 4.78 is 2.26. The van der Waals surface area contributed by atoms with Crippen molar-refractivity contribution in [1.82, 2.24) is 4.72 Å². The number of aryl methyl sites for hydroxylation is 1. The molecule has 0 aliphatic rings. The van der Waals surface area contributed by atoms with Crippen molar-refractivity contribution >= 4 is 35.1 Å². The monoisotopic (exact) mass is 256 g/mol. The van der Waals surface area contributed by atoms with Gasteiger partial charge in [-0.1, -0.05) is 18.2 Å². The van der Waals surface area contributed by atoms with Crippen molar-refractivity contribution < 1.29 is 4.79 Å². The van der Waals surface area contributed by atoms with Crippen LogP contribution in [-0.2, 0) is 0 Å². The Morgan fingerprint density at radius 1 is 1.69 bits per heavy atom. The summed E-state index contributed by atoms with van der Waals surface area (Å²) >= 11 is 6.85. The molecule has 0 aliphatic carbocycles. The Hall–Kier alpha value is -1.13. The number of para-hydroxylation sites is 1. The van der Waals surface area contributed by atoms with Gasteiger partial charge in [-0.2, -0.15) is 0 Å². The van der Waals surface area contributed by atoms with Crippen molar-refractivity contribution in [2.24, 2.45) is 0 Å². The summed E-state index contributed by atoms with van der Waals surface area (Å²) in [6.07, 6.45) is 1.53. The average Bonchev–Trinajstić information content (AvgIpc) is 2.29. The normalized spacial score (nSPS) is 11.9. The number of nitrogen functional groups attached to an aromatic ring is 1. The second-order valence-corrected chi connectivity index (χ2v) is 4.85. The van der Waals surface area contributed by atoms with Gasteiger partial charge in [-0.15, -0.1) is 18.2 Å². The quantitative estimate of drug-likeness (QED) is 0.377. The lowest BCUT2D eigenvalue weighted by molar-refractivity contribution is 0.0985. The maximum atomic E-state index is 11.7. The lowest BCUT2D eigenvalue weighted by Gasteiger charge is -2.09. The molecule has 0 heterocycles. The smallest absolute Gasteiger partial charge is 0.263 e. The number of halogens is 1. The molecule has 0 radical (unpaired) electrons. The van der Waals surface area contributed by atoms with Crippen LogP contribution in [0.5, 0.6) is 0 Å². The lowest BCUT2D eigenvalue weighted by Crippen LogP contribution is -2.19. The van der Waals surface area contributed by atoms with Crippen molar-refractivity contribution in [3.8, 4) is 0 Å². The second kappa shape index (κ2) is 5.82. The molecule has 0 fully saturated rings. The Morgan fingerprint density at radius 3 is 3.00 bits per heavy atom. The van der Waals surface area contributed by atoms with E-state index in [-0.39, 0.29) is 10.6 Å². The molecule has 0 aromatic heterocycles. The van der Waals surface area contributed by atoms with E-state index in [1.54, 1.807) is 12.1 Å². The van der Waals surface area contributed by atoms with Gasteiger partial charge in [0, 0.05) is 5.69 Å². The van der Waals surface area contributed by atoms with E-state index < -0.39 is 0 Å². The van der Waals surface area contributed by atoms with Crippen LogP contribution in [0.1, 0.15) is 15.9 Å².